The summed E-state index contributed by atoms with van der Waals surface area (Å²) in [5, 5.41) is 9.29. The second kappa shape index (κ2) is 7.45. The van der Waals surface area contributed by atoms with E-state index >= 15 is 0 Å². The number of hydrogen-bond acceptors (Lipinski definition) is 5. The van der Waals surface area contributed by atoms with Crippen LogP contribution in [0.25, 0.3) is 0 Å². The van der Waals surface area contributed by atoms with E-state index in [0.717, 1.165) is 17.0 Å². The Hall–Kier alpha value is -2.06. The monoisotopic (exact) mass is 375 g/mol. The largest absolute Gasteiger partial charge is 0.488 e. The van der Waals surface area contributed by atoms with Gasteiger partial charge in [-0.25, -0.2) is 14.0 Å². The third kappa shape index (κ3) is 4.13. The molecule has 25 heavy (non-hydrogen) atoms. The minimum atomic E-state index is -1.16. The van der Waals surface area contributed by atoms with Crippen molar-refractivity contribution in [2.24, 2.45) is 0 Å². The fourth-order valence-corrected chi connectivity index (χ4v) is 2.81. The van der Waals surface area contributed by atoms with Crippen LogP contribution in [0.5, 0.6) is 5.75 Å². The number of carbonyl (C=O) groups is 2. The Labute approximate surface area is 149 Å². The second-order valence-electron chi connectivity index (χ2n) is 5.86. The number of benzene rings is 1. The molecule has 1 aliphatic rings. The number of hydrogen-bond donors (Lipinski definition) is 1. The number of carbonyl (C=O) groups excluding carboxylic acids is 1. The van der Waals surface area contributed by atoms with E-state index in [1.54, 1.807) is 20.8 Å². The molecular formula is C16H19ClFNO6. The molecule has 0 radical (unpaired) electrons. The summed E-state index contributed by atoms with van der Waals surface area (Å²) in [6, 6.07) is 1.49. The van der Waals surface area contributed by atoms with Crippen molar-refractivity contribution in [1.82, 2.24) is 4.90 Å². The lowest BCUT2D eigenvalue weighted by Gasteiger charge is -2.30. The van der Waals surface area contributed by atoms with Crippen LogP contribution in [0.15, 0.2) is 12.1 Å². The second-order valence-corrected chi connectivity index (χ2v) is 6.27. The van der Waals surface area contributed by atoms with Crippen molar-refractivity contribution in [3.05, 3.63) is 28.5 Å². The normalized spacial score (nSPS) is 18.9. The number of halogens is 2. The molecule has 1 atom stereocenters. The van der Waals surface area contributed by atoms with E-state index in [2.05, 4.69) is 0 Å². The first-order chi connectivity index (χ1) is 11.7. The molecule has 0 saturated carbocycles. The summed E-state index contributed by atoms with van der Waals surface area (Å²) >= 11 is 5.98. The number of ether oxygens (including phenoxy) is 3. The topological polar surface area (TPSA) is 85.3 Å². The molecule has 1 fully saturated rings. The van der Waals surface area contributed by atoms with Crippen LogP contribution in [0.1, 0.15) is 31.1 Å². The zero-order valence-electron chi connectivity index (χ0n) is 14.0. The van der Waals surface area contributed by atoms with Crippen LogP contribution in [0.2, 0.25) is 5.02 Å². The molecule has 9 heteroatoms. The lowest BCUT2D eigenvalue weighted by molar-refractivity contribution is -0.0430. The van der Waals surface area contributed by atoms with Gasteiger partial charge in [-0.1, -0.05) is 11.6 Å². The molecule has 7 nitrogen and oxygen atoms in total. The van der Waals surface area contributed by atoms with Crippen LogP contribution in [0.3, 0.4) is 0 Å². The van der Waals surface area contributed by atoms with E-state index in [4.69, 9.17) is 25.8 Å². The molecule has 0 aliphatic carbocycles. The molecule has 0 aromatic heterocycles. The Morgan fingerprint density at radius 2 is 2.16 bits per heavy atom. The fourth-order valence-electron chi connectivity index (χ4n) is 2.58. The first kappa shape index (κ1) is 19.3. The van der Waals surface area contributed by atoms with E-state index in [0.29, 0.717) is 0 Å². The SMILES string of the molecule is CCOC(=O)c1cc(F)c(OCC2COC(C)(C)N2C(=O)O)cc1Cl. The van der Waals surface area contributed by atoms with E-state index in [-0.39, 0.29) is 36.2 Å². The molecule has 0 spiro atoms. The predicted octanol–water partition coefficient (Wildman–Crippen LogP) is 3.15. The highest BCUT2D eigenvalue weighted by Gasteiger charge is 2.44. The summed E-state index contributed by atoms with van der Waals surface area (Å²) in [5.74, 6) is -1.72. The van der Waals surface area contributed by atoms with E-state index in [1.165, 1.54) is 0 Å². The van der Waals surface area contributed by atoms with Crippen LogP contribution in [0, 0.1) is 5.82 Å². The lowest BCUT2D eigenvalue weighted by Crippen LogP contribution is -2.49. The quantitative estimate of drug-likeness (QED) is 0.796. The molecule has 1 N–H and O–H groups in total. The summed E-state index contributed by atoms with van der Waals surface area (Å²) in [5.41, 5.74) is -1.10. The molecule has 1 unspecified atom stereocenters. The first-order valence-corrected chi connectivity index (χ1v) is 8.00. The molecule has 1 amide bonds. The number of esters is 1. The van der Waals surface area contributed by atoms with Gasteiger partial charge < -0.3 is 19.3 Å². The number of nitrogens with zero attached hydrogens (tertiary/aromatic N) is 1. The number of carboxylic acid groups (broad SMARTS) is 1. The third-order valence-electron chi connectivity index (χ3n) is 3.73. The lowest BCUT2D eigenvalue weighted by atomic mass is 10.2. The van der Waals surface area contributed by atoms with Crippen LogP contribution < -0.4 is 4.74 Å². The van der Waals surface area contributed by atoms with Crippen molar-refractivity contribution in [2.75, 3.05) is 19.8 Å². The smallest absolute Gasteiger partial charge is 0.410 e. The molecule has 1 aromatic rings. The highest BCUT2D eigenvalue weighted by Crippen LogP contribution is 2.30. The van der Waals surface area contributed by atoms with Gasteiger partial charge in [0, 0.05) is 6.07 Å². The van der Waals surface area contributed by atoms with Crippen molar-refractivity contribution in [3.8, 4) is 5.75 Å². The van der Waals surface area contributed by atoms with Gasteiger partial charge in [0.05, 0.1) is 29.8 Å². The summed E-state index contributed by atoms with van der Waals surface area (Å²) in [7, 11) is 0. The molecule has 1 aromatic carbocycles. The molecule has 0 bridgehead atoms. The number of amides is 1. The molecule has 1 aliphatic heterocycles. The number of rotatable bonds is 5. The van der Waals surface area contributed by atoms with Gasteiger partial charge in [-0.05, 0) is 26.8 Å². The average molecular weight is 376 g/mol. The summed E-state index contributed by atoms with van der Waals surface area (Å²) in [6.45, 7) is 4.99. The summed E-state index contributed by atoms with van der Waals surface area (Å²) < 4.78 is 29.8. The average Bonchev–Trinajstić information content (AvgIpc) is 2.82. The van der Waals surface area contributed by atoms with E-state index in [9.17, 15) is 19.1 Å². The van der Waals surface area contributed by atoms with E-state index < -0.39 is 29.6 Å². The van der Waals surface area contributed by atoms with Crippen LogP contribution >= 0.6 is 11.6 Å². The van der Waals surface area contributed by atoms with Gasteiger partial charge in [0.15, 0.2) is 11.6 Å². The molecule has 1 heterocycles. The van der Waals surface area contributed by atoms with Crippen molar-refractivity contribution in [2.45, 2.75) is 32.5 Å². The van der Waals surface area contributed by atoms with Crippen molar-refractivity contribution in [1.29, 1.82) is 0 Å². The molecule has 1 saturated heterocycles. The van der Waals surface area contributed by atoms with Gasteiger partial charge in [-0.3, -0.25) is 4.90 Å². The minimum absolute atomic E-state index is 0.0204. The zero-order valence-corrected chi connectivity index (χ0v) is 14.8. The van der Waals surface area contributed by atoms with Gasteiger partial charge in [-0.2, -0.15) is 0 Å². The van der Waals surface area contributed by atoms with Crippen LogP contribution in [-0.2, 0) is 9.47 Å². The Morgan fingerprint density at radius 3 is 2.76 bits per heavy atom. The van der Waals surface area contributed by atoms with Gasteiger partial charge in [0.25, 0.3) is 0 Å². The highest BCUT2D eigenvalue weighted by atomic mass is 35.5. The van der Waals surface area contributed by atoms with E-state index in [1.807, 2.05) is 0 Å². The Balaban J connectivity index is 2.12. The Kier molecular flexibility index (Phi) is 5.74. The molecular weight excluding hydrogens is 357 g/mol. The van der Waals surface area contributed by atoms with Crippen LogP contribution in [0.4, 0.5) is 9.18 Å². The molecule has 2 rings (SSSR count). The van der Waals surface area contributed by atoms with Gasteiger partial charge in [0.2, 0.25) is 0 Å². The van der Waals surface area contributed by atoms with Gasteiger partial charge in [-0.15, -0.1) is 0 Å². The predicted molar refractivity (Wildman–Crippen MR) is 86.5 cm³/mol. The molecule has 138 valence electrons. The zero-order chi connectivity index (χ0) is 18.8. The maximum atomic E-state index is 14.2. The minimum Gasteiger partial charge on any atom is -0.488 e. The maximum absolute atomic E-state index is 14.2. The standard InChI is InChI=1S/C16H19ClFNO6/c1-4-23-14(20)10-5-12(18)13(6-11(10)17)24-7-9-8-25-16(2,3)19(9)15(21)22/h5-6,9H,4,7-8H2,1-3H3,(H,21,22). The van der Waals surface area contributed by atoms with Crippen molar-refractivity contribution < 1.29 is 33.3 Å². The van der Waals surface area contributed by atoms with Crippen molar-refractivity contribution in [3.63, 3.8) is 0 Å². The van der Waals surface area contributed by atoms with Crippen molar-refractivity contribution >= 4 is 23.7 Å². The first-order valence-electron chi connectivity index (χ1n) is 7.62. The maximum Gasteiger partial charge on any atom is 0.410 e. The summed E-state index contributed by atoms with van der Waals surface area (Å²) in [4.78, 5) is 24.2. The Bertz CT molecular complexity index is 681. The highest BCUT2D eigenvalue weighted by molar-refractivity contribution is 6.33. The van der Waals surface area contributed by atoms with Gasteiger partial charge in [0.1, 0.15) is 12.3 Å². The van der Waals surface area contributed by atoms with Crippen LogP contribution in [-0.4, -0.2) is 53.7 Å². The summed E-state index contributed by atoms with van der Waals surface area (Å²) in [6.07, 6.45) is -1.16. The van der Waals surface area contributed by atoms with Gasteiger partial charge >= 0.3 is 12.1 Å². The third-order valence-corrected chi connectivity index (χ3v) is 4.04. The Morgan fingerprint density at radius 1 is 1.48 bits per heavy atom. The fraction of sp³-hybridized carbons (Fsp3) is 0.500.